The summed E-state index contributed by atoms with van der Waals surface area (Å²) < 4.78 is 0. The fraction of sp³-hybridized carbons (Fsp3) is 0.200. The number of carbonyl (C=O) groups excluding carboxylic acids is 1. The van der Waals surface area contributed by atoms with E-state index in [2.05, 4.69) is 15.6 Å². The number of fused-ring (bicyclic) bond motifs is 1. The van der Waals surface area contributed by atoms with Gasteiger partial charge in [0.15, 0.2) is 0 Å². The molecule has 0 atom stereocenters. The van der Waals surface area contributed by atoms with Crippen LogP contribution in [0.1, 0.15) is 29.8 Å². The number of hydrogen-bond acceptors (Lipinski definition) is 4. The molecule has 5 nitrogen and oxygen atoms in total. The molecule has 0 saturated carbocycles. The first-order valence-electron chi connectivity index (χ1n) is 8.20. The zero-order chi connectivity index (χ0) is 18.0. The van der Waals surface area contributed by atoms with Crippen LogP contribution in [0.2, 0.25) is 0 Å². The summed E-state index contributed by atoms with van der Waals surface area (Å²) in [4.78, 5) is 16.6. The predicted molar refractivity (Wildman–Crippen MR) is 100 cm³/mol. The van der Waals surface area contributed by atoms with E-state index in [9.17, 15) is 9.90 Å². The fourth-order valence-corrected chi connectivity index (χ4v) is 2.63. The first-order chi connectivity index (χ1) is 11.9. The van der Waals surface area contributed by atoms with E-state index >= 15 is 0 Å². The summed E-state index contributed by atoms with van der Waals surface area (Å²) in [6, 6.07) is 12.6. The number of benzene rings is 2. The molecule has 0 aliphatic heterocycles. The molecular formula is C20H21N3O2. The monoisotopic (exact) mass is 335 g/mol. The molecule has 0 saturated heterocycles. The molecule has 0 unspecified atom stereocenters. The first kappa shape index (κ1) is 16.8. The summed E-state index contributed by atoms with van der Waals surface area (Å²) in [5.74, 6) is 0.0972. The topological polar surface area (TPSA) is 74.2 Å². The second-order valence-electron chi connectivity index (χ2n) is 6.34. The van der Waals surface area contributed by atoms with Crippen LogP contribution in [-0.4, -0.2) is 22.0 Å². The van der Waals surface area contributed by atoms with Gasteiger partial charge < -0.3 is 15.7 Å². The summed E-state index contributed by atoms with van der Waals surface area (Å²) in [5.41, 5.74) is 4.04. The summed E-state index contributed by atoms with van der Waals surface area (Å²) >= 11 is 0. The Labute approximate surface area is 146 Å². The van der Waals surface area contributed by atoms with Crippen LogP contribution in [0, 0.1) is 6.92 Å². The summed E-state index contributed by atoms with van der Waals surface area (Å²) in [6.45, 7) is 5.83. The lowest BCUT2D eigenvalue weighted by molar-refractivity contribution is 0.0943. The van der Waals surface area contributed by atoms with Gasteiger partial charge in [-0.2, -0.15) is 0 Å². The smallest absolute Gasteiger partial charge is 0.251 e. The maximum absolute atomic E-state index is 12.2. The molecule has 5 heteroatoms. The van der Waals surface area contributed by atoms with Crippen LogP contribution in [0.3, 0.4) is 0 Å². The molecule has 25 heavy (non-hydrogen) atoms. The van der Waals surface area contributed by atoms with E-state index < -0.39 is 0 Å². The SMILES string of the molecule is Cc1ccc(O)cc1Nc1ccnc2cc(C(=O)NC(C)C)ccc12. The number of phenolic OH excluding ortho intramolecular Hbond substituents is 1. The van der Waals surface area contributed by atoms with Crippen molar-refractivity contribution in [2.45, 2.75) is 26.8 Å². The Morgan fingerprint density at radius 1 is 1.08 bits per heavy atom. The highest BCUT2D eigenvalue weighted by molar-refractivity contribution is 6.01. The highest BCUT2D eigenvalue weighted by atomic mass is 16.3. The standard InChI is InChI=1S/C20H21N3O2/c1-12(2)22-20(25)14-5-7-16-17(8-9-21-19(16)10-14)23-18-11-15(24)6-4-13(18)3/h4-12,24H,1-3H3,(H,21,23)(H,22,25). The van der Waals surface area contributed by atoms with Gasteiger partial charge in [0, 0.05) is 40.6 Å². The van der Waals surface area contributed by atoms with Crippen LogP contribution >= 0.6 is 0 Å². The summed E-state index contributed by atoms with van der Waals surface area (Å²) in [6.07, 6.45) is 1.70. The van der Waals surface area contributed by atoms with E-state index in [1.807, 2.05) is 39.0 Å². The molecule has 0 aliphatic carbocycles. The van der Waals surface area contributed by atoms with Gasteiger partial charge in [0.2, 0.25) is 0 Å². The van der Waals surface area contributed by atoms with Crippen molar-refractivity contribution in [3.63, 3.8) is 0 Å². The van der Waals surface area contributed by atoms with Crippen LogP contribution in [-0.2, 0) is 0 Å². The van der Waals surface area contributed by atoms with E-state index in [1.54, 1.807) is 30.5 Å². The minimum atomic E-state index is -0.110. The lowest BCUT2D eigenvalue weighted by Crippen LogP contribution is -2.30. The minimum Gasteiger partial charge on any atom is -0.508 e. The number of phenols is 1. The van der Waals surface area contributed by atoms with Gasteiger partial charge in [-0.3, -0.25) is 9.78 Å². The van der Waals surface area contributed by atoms with Crippen molar-refractivity contribution in [3.05, 3.63) is 59.8 Å². The number of aromatic nitrogens is 1. The van der Waals surface area contributed by atoms with Crippen LogP contribution in [0.25, 0.3) is 10.9 Å². The average molecular weight is 335 g/mol. The third-order valence-corrected chi connectivity index (χ3v) is 3.92. The third kappa shape index (κ3) is 3.71. The molecular weight excluding hydrogens is 314 g/mol. The van der Waals surface area contributed by atoms with Gasteiger partial charge in [0.1, 0.15) is 5.75 Å². The zero-order valence-electron chi connectivity index (χ0n) is 14.5. The number of nitrogens with zero attached hydrogens (tertiary/aromatic N) is 1. The van der Waals surface area contributed by atoms with Gasteiger partial charge in [-0.15, -0.1) is 0 Å². The van der Waals surface area contributed by atoms with Gasteiger partial charge in [0.25, 0.3) is 5.91 Å². The molecule has 0 spiro atoms. The number of rotatable bonds is 4. The van der Waals surface area contributed by atoms with Gasteiger partial charge in [-0.25, -0.2) is 0 Å². The zero-order valence-corrected chi connectivity index (χ0v) is 14.5. The molecule has 1 amide bonds. The van der Waals surface area contributed by atoms with Gasteiger partial charge in [0.05, 0.1) is 5.52 Å². The fourth-order valence-electron chi connectivity index (χ4n) is 2.63. The molecule has 0 fully saturated rings. The number of amides is 1. The number of hydrogen-bond donors (Lipinski definition) is 3. The molecule has 3 rings (SSSR count). The highest BCUT2D eigenvalue weighted by Gasteiger charge is 2.10. The second-order valence-corrected chi connectivity index (χ2v) is 6.34. The van der Waals surface area contributed by atoms with Crippen molar-refractivity contribution in [1.29, 1.82) is 0 Å². The molecule has 3 aromatic rings. The van der Waals surface area contributed by atoms with Gasteiger partial charge >= 0.3 is 0 Å². The molecule has 0 bridgehead atoms. The van der Waals surface area contributed by atoms with Gasteiger partial charge in [-0.05, 0) is 56.7 Å². The Morgan fingerprint density at radius 2 is 1.88 bits per heavy atom. The molecule has 2 aromatic carbocycles. The van der Waals surface area contributed by atoms with E-state index in [1.165, 1.54) is 0 Å². The second kappa shape index (κ2) is 6.81. The molecule has 1 aromatic heterocycles. The maximum Gasteiger partial charge on any atom is 0.251 e. The van der Waals surface area contributed by atoms with Crippen LogP contribution in [0.4, 0.5) is 11.4 Å². The van der Waals surface area contributed by atoms with Crippen molar-refractivity contribution < 1.29 is 9.90 Å². The van der Waals surface area contributed by atoms with Crippen LogP contribution in [0.5, 0.6) is 5.75 Å². The quantitative estimate of drug-likeness (QED) is 0.670. The summed E-state index contributed by atoms with van der Waals surface area (Å²) in [7, 11) is 0. The lowest BCUT2D eigenvalue weighted by atomic mass is 10.1. The Bertz CT molecular complexity index is 935. The number of pyridine rings is 1. The number of nitrogens with one attached hydrogen (secondary N) is 2. The first-order valence-corrected chi connectivity index (χ1v) is 8.20. The lowest BCUT2D eigenvalue weighted by Gasteiger charge is -2.13. The Morgan fingerprint density at radius 3 is 2.64 bits per heavy atom. The number of anilines is 2. The van der Waals surface area contributed by atoms with Crippen molar-refractivity contribution in [2.75, 3.05) is 5.32 Å². The van der Waals surface area contributed by atoms with Gasteiger partial charge in [-0.1, -0.05) is 6.07 Å². The van der Waals surface area contributed by atoms with Crippen molar-refractivity contribution >= 4 is 28.2 Å². The Balaban J connectivity index is 1.97. The van der Waals surface area contributed by atoms with Crippen molar-refractivity contribution in [1.82, 2.24) is 10.3 Å². The maximum atomic E-state index is 12.2. The molecule has 0 aliphatic rings. The largest absolute Gasteiger partial charge is 0.508 e. The summed E-state index contributed by atoms with van der Waals surface area (Å²) in [5, 5.41) is 16.8. The predicted octanol–water partition coefficient (Wildman–Crippen LogP) is 4.13. The van der Waals surface area contributed by atoms with Crippen LogP contribution in [0.15, 0.2) is 48.7 Å². The molecule has 128 valence electrons. The molecule has 1 heterocycles. The van der Waals surface area contributed by atoms with Crippen molar-refractivity contribution in [2.24, 2.45) is 0 Å². The third-order valence-electron chi connectivity index (χ3n) is 3.92. The Hall–Kier alpha value is -3.08. The highest BCUT2D eigenvalue weighted by Crippen LogP contribution is 2.29. The van der Waals surface area contributed by atoms with E-state index in [0.29, 0.717) is 5.56 Å². The Kier molecular flexibility index (Phi) is 4.57. The minimum absolute atomic E-state index is 0.0814. The number of aromatic hydroxyl groups is 1. The van der Waals surface area contributed by atoms with E-state index in [4.69, 9.17) is 0 Å². The molecule has 3 N–H and O–H groups in total. The normalized spacial score (nSPS) is 10.9. The van der Waals surface area contributed by atoms with E-state index in [-0.39, 0.29) is 17.7 Å². The average Bonchev–Trinajstić information content (AvgIpc) is 2.57. The van der Waals surface area contributed by atoms with E-state index in [0.717, 1.165) is 27.8 Å². The van der Waals surface area contributed by atoms with Crippen molar-refractivity contribution in [3.8, 4) is 5.75 Å². The molecule has 0 radical (unpaired) electrons. The number of aryl methyl sites for hydroxylation is 1. The van der Waals surface area contributed by atoms with Crippen LogP contribution < -0.4 is 10.6 Å². The number of carbonyl (C=O) groups is 1.